The zero-order valence-electron chi connectivity index (χ0n) is 14.2. The minimum Gasteiger partial charge on any atom is -0.320 e. The molecule has 0 aromatic heterocycles. The lowest BCUT2D eigenvalue weighted by Crippen LogP contribution is -2.49. The van der Waals surface area contributed by atoms with Gasteiger partial charge in [-0.1, -0.05) is 54.4 Å². The largest absolute Gasteiger partial charge is 0.324 e. The van der Waals surface area contributed by atoms with Crippen molar-refractivity contribution >= 4 is 23.9 Å². The topological polar surface area (TPSA) is 61.4 Å². The van der Waals surface area contributed by atoms with E-state index in [2.05, 4.69) is 54.2 Å². The second-order valence-electron chi connectivity index (χ2n) is 6.25. The standard InChI is InChI=1S/C18H25N3O2S/c1-18(2,15-9-5-3-6-10-15)20-24-14-8-4-7-12-21-13-11-16(22)19-17(21)23/h3-7,9-10,20H,8,11-14H2,1-2H3,(H,19,22,23)/b7-4-. The Morgan fingerprint density at radius 3 is 2.71 bits per heavy atom. The molecule has 1 aromatic carbocycles. The molecule has 5 nitrogen and oxygen atoms in total. The number of nitrogens with zero attached hydrogens (tertiary/aromatic N) is 1. The van der Waals surface area contributed by atoms with E-state index < -0.39 is 0 Å². The van der Waals surface area contributed by atoms with Crippen LogP contribution in [-0.4, -0.2) is 35.7 Å². The Balaban J connectivity index is 1.63. The highest BCUT2D eigenvalue weighted by Crippen LogP contribution is 2.22. The highest BCUT2D eigenvalue weighted by Gasteiger charge is 2.21. The molecule has 2 rings (SSSR count). The van der Waals surface area contributed by atoms with Crippen molar-refractivity contribution in [2.24, 2.45) is 0 Å². The van der Waals surface area contributed by atoms with Gasteiger partial charge < -0.3 is 4.90 Å². The van der Waals surface area contributed by atoms with E-state index in [0.717, 1.165) is 12.2 Å². The summed E-state index contributed by atoms with van der Waals surface area (Å²) in [4.78, 5) is 24.3. The number of hydrogen-bond acceptors (Lipinski definition) is 4. The van der Waals surface area contributed by atoms with Crippen molar-refractivity contribution < 1.29 is 9.59 Å². The maximum atomic E-state index is 11.6. The summed E-state index contributed by atoms with van der Waals surface area (Å²) < 4.78 is 3.50. The molecule has 0 bridgehead atoms. The molecule has 6 heteroatoms. The van der Waals surface area contributed by atoms with E-state index in [-0.39, 0.29) is 17.5 Å². The van der Waals surface area contributed by atoms with Gasteiger partial charge in [-0.2, -0.15) is 0 Å². The fourth-order valence-corrected chi connectivity index (χ4v) is 3.20. The highest BCUT2D eigenvalue weighted by atomic mass is 32.2. The van der Waals surface area contributed by atoms with Crippen molar-refractivity contribution in [2.75, 3.05) is 18.8 Å². The van der Waals surface area contributed by atoms with Gasteiger partial charge >= 0.3 is 6.03 Å². The summed E-state index contributed by atoms with van der Waals surface area (Å²) in [5.74, 6) is 0.765. The predicted octanol–water partition coefficient (Wildman–Crippen LogP) is 3.05. The Labute approximate surface area is 148 Å². The molecule has 0 atom stereocenters. The van der Waals surface area contributed by atoms with Crippen LogP contribution in [0.25, 0.3) is 0 Å². The average Bonchev–Trinajstić information content (AvgIpc) is 2.56. The summed E-state index contributed by atoms with van der Waals surface area (Å²) in [6.07, 6.45) is 5.37. The van der Waals surface area contributed by atoms with Gasteiger partial charge in [0.15, 0.2) is 0 Å². The van der Waals surface area contributed by atoms with Gasteiger partial charge in [0.05, 0.1) is 0 Å². The van der Waals surface area contributed by atoms with Gasteiger partial charge in [-0.25, -0.2) is 4.79 Å². The van der Waals surface area contributed by atoms with Crippen molar-refractivity contribution in [1.29, 1.82) is 0 Å². The molecule has 0 aliphatic carbocycles. The second kappa shape index (κ2) is 8.89. The average molecular weight is 347 g/mol. The second-order valence-corrected chi connectivity index (χ2v) is 7.15. The molecule has 2 N–H and O–H groups in total. The number of benzene rings is 1. The molecule has 0 unspecified atom stereocenters. The molecule has 3 amide bonds. The first kappa shape index (κ1) is 18.5. The number of allylic oxidation sites excluding steroid dienone is 1. The molecule has 1 heterocycles. The molecular weight excluding hydrogens is 322 g/mol. The van der Waals surface area contributed by atoms with E-state index in [1.165, 1.54) is 5.56 Å². The van der Waals surface area contributed by atoms with Crippen LogP contribution >= 0.6 is 11.9 Å². The van der Waals surface area contributed by atoms with Crippen molar-refractivity contribution in [1.82, 2.24) is 14.9 Å². The van der Waals surface area contributed by atoms with Crippen molar-refractivity contribution in [2.45, 2.75) is 32.2 Å². The maximum Gasteiger partial charge on any atom is 0.324 e. The number of hydrogen-bond donors (Lipinski definition) is 2. The van der Waals surface area contributed by atoms with Crippen LogP contribution in [0.15, 0.2) is 42.5 Å². The van der Waals surface area contributed by atoms with Crippen molar-refractivity contribution in [3.05, 3.63) is 48.0 Å². The number of carbonyl (C=O) groups is 2. The van der Waals surface area contributed by atoms with Gasteiger partial charge in [-0.05, 0) is 25.8 Å². The number of imide groups is 1. The van der Waals surface area contributed by atoms with E-state index in [1.54, 1.807) is 16.8 Å². The maximum absolute atomic E-state index is 11.6. The van der Waals surface area contributed by atoms with Crippen molar-refractivity contribution in [3.63, 3.8) is 0 Å². The fraction of sp³-hybridized carbons (Fsp3) is 0.444. The lowest BCUT2D eigenvalue weighted by molar-refractivity contribution is -0.121. The summed E-state index contributed by atoms with van der Waals surface area (Å²) in [5, 5.41) is 2.32. The summed E-state index contributed by atoms with van der Waals surface area (Å²) in [5.41, 5.74) is 1.19. The quantitative estimate of drug-likeness (QED) is 0.431. The third-order valence-electron chi connectivity index (χ3n) is 3.84. The molecule has 0 saturated carbocycles. The van der Waals surface area contributed by atoms with Crippen LogP contribution < -0.4 is 10.0 Å². The molecule has 130 valence electrons. The monoisotopic (exact) mass is 347 g/mol. The molecule has 1 aliphatic rings. The highest BCUT2D eigenvalue weighted by molar-refractivity contribution is 7.97. The van der Waals surface area contributed by atoms with Gasteiger partial charge in [0.1, 0.15) is 0 Å². The van der Waals surface area contributed by atoms with Crippen LogP contribution in [0, 0.1) is 0 Å². The number of nitrogens with one attached hydrogen (secondary N) is 2. The lowest BCUT2D eigenvalue weighted by atomic mass is 9.96. The Kier molecular flexibility index (Phi) is 6.87. The van der Waals surface area contributed by atoms with E-state index in [9.17, 15) is 9.59 Å². The van der Waals surface area contributed by atoms with Crippen LogP contribution in [0.2, 0.25) is 0 Å². The van der Waals surface area contributed by atoms with Gasteiger partial charge in [0.25, 0.3) is 0 Å². The fourth-order valence-electron chi connectivity index (χ4n) is 2.36. The van der Waals surface area contributed by atoms with E-state index >= 15 is 0 Å². The molecule has 1 aromatic rings. The molecule has 1 fully saturated rings. The molecule has 0 spiro atoms. The van der Waals surface area contributed by atoms with Crippen LogP contribution in [-0.2, 0) is 10.3 Å². The molecule has 1 aliphatic heterocycles. The molecular formula is C18H25N3O2S. The number of rotatable bonds is 8. The van der Waals surface area contributed by atoms with Crippen molar-refractivity contribution in [3.8, 4) is 0 Å². The van der Waals surface area contributed by atoms with Crippen LogP contribution in [0.1, 0.15) is 32.3 Å². The molecule has 24 heavy (non-hydrogen) atoms. The SMILES string of the molecule is CC(C)(NSCC/C=C\CN1CCC(=O)NC1=O)c1ccccc1. The first-order chi connectivity index (χ1) is 11.5. The van der Waals surface area contributed by atoms with Crippen LogP contribution in [0.4, 0.5) is 4.79 Å². The number of carbonyl (C=O) groups excluding carboxylic acids is 2. The minimum atomic E-state index is -0.295. The van der Waals surface area contributed by atoms with E-state index in [1.807, 2.05) is 12.1 Å². The van der Waals surface area contributed by atoms with E-state index in [4.69, 9.17) is 0 Å². The Bertz CT molecular complexity index is 587. The zero-order chi connectivity index (χ0) is 17.4. The van der Waals surface area contributed by atoms with Crippen LogP contribution in [0.3, 0.4) is 0 Å². The van der Waals surface area contributed by atoms with Gasteiger partial charge in [0.2, 0.25) is 5.91 Å². The Morgan fingerprint density at radius 1 is 1.25 bits per heavy atom. The summed E-state index contributed by atoms with van der Waals surface area (Å²) in [6, 6.07) is 10.1. The van der Waals surface area contributed by atoms with Gasteiger partial charge in [-0.15, -0.1) is 0 Å². The third kappa shape index (κ3) is 5.69. The zero-order valence-corrected chi connectivity index (χ0v) is 15.1. The van der Waals surface area contributed by atoms with Crippen LogP contribution in [0.5, 0.6) is 0 Å². The Morgan fingerprint density at radius 2 is 2.00 bits per heavy atom. The first-order valence-corrected chi connectivity index (χ1v) is 9.16. The van der Waals surface area contributed by atoms with Gasteiger partial charge in [0, 0.05) is 30.8 Å². The summed E-state index contributed by atoms with van der Waals surface area (Å²) in [6.45, 7) is 5.38. The van der Waals surface area contributed by atoms with E-state index in [0.29, 0.717) is 19.5 Å². The summed E-state index contributed by atoms with van der Waals surface area (Å²) >= 11 is 1.70. The smallest absolute Gasteiger partial charge is 0.320 e. The summed E-state index contributed by atoms with van der Waals surface area (Å²) in [7, 11) is 0. The lowest BCUT2D eigenvalue weighted by Gasteiger charge is -2.26. The molecule has 0 radical (unpaired) electrons. The number of amides is 3. The minimum absolute atomic E-state index is 0.0753. The Hall–Kier alpha value is -1.79. The first-order valence-electron chi connectivity index (χ1n) is 8.17. The molecule has 1 saturated heterocycles. The van der Waals surface area contributed by atoms with Gasteiger partial charge in [-0.3, -0.25) is 14.8 Å². The normalized spacial score (nSPS) is 15.8. The third-order valence-corrected chi connectivity index (χ3v) is 4.94. The predicted molar refractivity (Wildman–Crippen MR) is 98.5 cm³/mol. The number of urea groups is 1.